The largest absolute Gasteiger partial charge is 0.310 e. The number of pyridine rings is 1. The van der Waals surface area contributed by atoms with E-state index in [1.807, 2.05) is 32.2 Å². The quantitative estimate of drug-likeness (QED) is 0.796. The molecule has 0 radical (unpaired) electrons. The van der Waals surface area contributed by atoms with Crippen LogP contribution in [0.4, 0.5) is 5.69 Å². The first-order valence-corrected chi connectivity index (χ1v) is 7.03. The molecule has 0 unspecified atom stereocenters. The van der Waals surface area contributed by atoms with Crippen LogP contribution in [0.2, 0.25) is 0 Å². The van der Waals surface area contributed by atoms with E-state index in [9.17, 15) is 4.79 Å². The molecule has 2 rings (SSSR count). The first-order chi connectivity index (χ1) is 9.67. The first kappa shape index (κ1) is 14.5. The zero-order valence-electron chi connectivity index (χ0n) is 11.6. The van der Waals surface area contributed by atoms with Gasteiger partial charge in [-0.15, -0.1) is 11.6 Å². The summed E-state index contributed by atoms with van der Waals surface area (Å²) in [5.41, 5.74) is 2.48. The minimum Gasteiger partial charge on any atom is -0.310 e. The fourth-order valence-corrected chi connectivity index (χ4v) is 2.20. The molecule has 0 aliphatic carbocycles. The molecule has 6 heteroatoms. The van der Waals surface area contributed by atoms with Crippen LogP contribution in [0.25, 0.3) is 5.69 Å². The number of hydrogen-bond donors (Lipinski definition) is 0. The Balaban J connectivity index is 2.33. The fourth-order valence-electron chi connectivity index (χ4n) is 2.03. The molecule has 2 aromatic heterocycles. The molecular weight excluding hydrogens is 276 g/mol. The van der Waals surface area contributed by atoms with Crippen molar-refractivity contribution >= 4 is 23.2 Å². The van der Waals surface area contributed by atoms with Crippen LogP contribution in [0.1, 0.15) is 19.0 Å². The number of amides is 1. The number of aromatic nitrogens is 3. The zero-order valence-corrected chi connectivity index (χ0v) is 12.3. The summed E-state index contributed by atoms with van der Waals surface area (Å²) < 4.78 is 1.73. The highest BCUT2D eigenvalue weighted by molar-refractivity contribution is 6.19. The van der Waals surface area contributed by atoms with E-state index >= 15 is 0 Å². The monoisotopic (exact) mass is 292 g/mol. The standard InChI is InChI=1S/C14H17ClN4O/c1-3-18(14(20)6-7-15)13-10-19(17-11(13)2)12-5-4-8-16-9-12/h4-5,8-10H,3,6-7H2,1-2H3. The molecule has 0 fully saturated rings. The Labute approximate surface area is 123 Å². The summed E-state index contributed by atoms with van der Waals surface area (Å²) in [6, 6.07) is 3.77. The SMILES string of the molecule is CCN(C(=O)CCCl)c1cn(-c2cccnc2)nc1C. The predicted molar refractivity (Wildman–Crippen MR) is 79.5 cm³/mol. The Hall–Kier alpha value is -1.88. The molecule has 0 saturated carbocycles. The molecule has 0 aromatic carbocycles. The number of rotatable bonds is 5. The Morgan fingerprint density at radius 2 is 2.30 bits per heavy atom. The summed E-state index contributed by atoms with van der Waals surface area (Å²) in [7, 11) is 0. The minimum atomic E-state index is 0.0105. The van der Waals surface area contributed by atoms with Crippen molar-refractivity contribution in [3.8, 4) is 5.69 Å². The van der Waals surface area contributed by atoms with Crippen LogP contribution >= 0.6 is 11.6 Å². The maximum atomic E-state index is 12.1. The Morgan fingerprint density at radius 1 is 1.50 bits per heavy atom. The van der Waals surface area contributed by atoms with Crippen LogP contribution in [0.3, 0.4) is 0 Å². The number of aryl methyl sites for hydroxylation is 1. The fraction of sp³-hybridized carbons (Fsp3) is 0.357. The zero-order chi connectivity index (χ0) is 14.5. The summed E-state index contributed by atoms with van der Waals surface area (Å²) in [5, 5.41) is 4.44. The van der Waals surface area contributed by atoms with Crippen LogP contribution in [-0.2, 0) is 4.79 Å². The van der Waals surface area contributed by atoms with Gasteiger partial charge in [0.05, 0.1) is 29.5 Å². The number of halogens is 1. The highest BCUT2D eigenvalue weighted by Gasteiger charge is 2.18. The lowest BCUT2D eigenvalue weighted by atomic mass is 10.3. The lowest BCUT2D eigenvalue weighted by Crippen LogP contribution is -2.30. The molecule has 2 heterocycles. The average molecular weight is 293 g/mol. The highest BCUT2D eigenvalue weighted by Crippen LogP contribution is 2.21. The average Bonchev–Trinajstić information content (AvgIpc) is 2.83. The van der Waals surface area contributed by atoms with E-state index in [2.05, 4.69) is 10.1 Å². The maximum absolute atomic E-state index is 12.1. The molecule has 106 valence electrons. The number of carbonyl (C=O) groups is 1. The lowest BCUT2D eigenvalue weighted by molar-refractivity contribution is -0.118. The van der Waals surface area contributed by atoms with Gasteiger partial charge in [0.2, 0.25) is 5.91 Å². The van der Waals surface area contributed by atoms with Gasteiger partial charge in [0.1, 0.15) is 0 Å². The predicted octanol–water partition coefficient (Wildman–Crippen LogP) is 2.56. The lowest BCUT2D eigenvalue weighted by Gasteiger charge is -2.19. The van der Waals surface area contributed by atoms with E-state index in [4.69, 9.17) is 11.6 Å². The summed E-state index contributed by atoms with van der Waals surface area (Å²) in [6.07, 6.45) is 5.62. The molecule has 0 bridgehead atoms. The molecule has 0 N–H and O–H groups in total. The molecule has 0 aliphatic heterocycles. The number of hydrogen-bond acceptors (Lipinski definition) is 3. The molecule has 0 spiro atoms. The van der Waals surface area contributed by atoms with E-state index in [-0.39, 0.29) is 5.91 Å². The Morgan fingerprint density at radius 3 is 2.90 bits per heavy atom. The van der Waals surface area contributed by atoms with Crippen molar-refractivity contribution in [2.75, 3.05) is 17.3 Å². The van der Waals surface area contributed by atoms with Gasteiger partial charge in [0.25, 0.3) is 0 Å². The molecule has 20 heavy (non-hydrogen) atoms. The first-order valence-electron chi connectivity index (χ1n) is 6.50. The van der Waals surface area contributed by atoms with Gasteiger partial charge in [-0.3, -0.25) is 9.78 Å². The molecule has 5 nitrogen and oxygen atoms in total. The summed E-state index contributed by atoms with van der Waals surface area (Å²) in [4.78, 5) is 17.8. The van der Waals surface area contributed by atoms with Gasteiger partial charge in [-0.25, -0.2) is 4.68 Å². The topological polar surface area (TPSA) is 51.0 Å². The number of nitrogens with zero attached hydrogens (tertiary/aromatic N) is 4. The van der Waals surface area contributed by atoms with Crippen molar-refractivity contribution in [3.05, 3.63) is 36.4 Å². The second-order valence-electron chi connectivity index (χ2n) is 4.33. The molecular formula is C14H17ClN4O. The molecule has 0 atom stereocenters. The van der Waals surface area contributed by atoms with Gasteiger partial charge < -0.3 is 4.90 Å². The van der Waals surface area contributed by atoms with E-state index < -0.39 is 0 Å². The third-order valence-corrected chi connectivity index (χ3v) is 3.19. The van der Waals surface area contributed by atoms with Gasteiger partial charge >= 0.3 is 0 Å². The van der Waals surface area contributed by atoms with Crippen LogP contribution in [0.5, 0.6) is 0 Å². The Kier molecular flexibility index (Phi) is 4.74. The molecule has 0 saturated heterocycles. The van der Waals surface area contributed by atoms with Crippen molar-refractivity contribution < 1.29 is 4.79 Å². The smallest absolute Gasteiger partial charge is 0.228 e. The van der Waals surface area contributed by atoms with Crippen molar-refractivity contribution in [1.82, 2.24) is 14.8 Å². The van der Waals surface area contributed by atoms with Gasteiger partial charge in [0, 0.05) is 25.0 Å². The molecule has 0 aliphatic rings. The number of alkyl halides is 1. The maximum Gasteiger partial charge on any atom is 0.228 e. The van der Waals surface area contributed by atoms with Gasteiger partial charge in [0.15, 0.2) is 0 Å². The Bertz CT molecular complexity index is 582. The van der Waals surface area contributed by atoms with Crippen molar-refractivity contribution in [2.45, 2.75) is 20.3 Å². The summed E-state index contributed by atoms with van der Waals surface area (Å²) in [5.74, 6) is 0.335. The molecule has 2 aromatic rings. The molecule has 1 amide bonds. The van der Waals surface area contributed by atoms with E-state index in [1.54, 1.807) is 22.0 Å². The van der Waals surface area contributed by atoms with Crippen LogP contribution in [0, 0.1) is 6.92 Å². The van der Waals surface area contributed by atoms with Gasteiger partial charge in [-0.1, -0.05) is 0 Å². The van der Waals surface area contributed by atoms with Crippen LogP contribution in [-0.4, -0.2) is 33.1 Å². The summed E-state index contributed by atoms with van der Waals surface area (Å²) in [6.45, 7) is 4.42. The number of anilines is 1. The van der Waals surface area contributed by atoms with Crippen molar-refractivity contribution in [2.24, 2.45) is 0 Å². The normalized spacial score (nSPS) is 10.6. The third-order valence-electron chi connectivity index (χ3n) is 3.00. The van der Waals surface area contributed by atoms with E-state index in [1.165, 1.54) is 0 Å². The number of carbonyl (C=O) groups excluding carboxylic acids is 1. The van der Waals surface area contributed by atoms with Crippen molar-refractivity contribution in [3.63, 3.8) is 0 Å². The summed E-state index contributed by atoms with van der Waals surface area (Å²) >= 11 is 5.65. The second-order valence-corrected chi connectivity index (χ2v) is 4.71. The van der Waals surface area contributed by atoms with Gasteiger partial charge in [-0.05, 0) is 26.0 Å². The second kappa shape index (κ2) is 6.52. The van der Waals surface area contributed by atoms with E-state index in [0.717, 1.165) is 17.1 Å². The van der Waals surface area contributed by atoms with E-state index in [0.29, 0.717) is 18.8 Å². The van der Waals surface area contributed by atoms with Gasteiger partial charge in [-0.2, -0.15) is 5.10 Å². The van der Waals surface area contributed by atoms with Crippen LogP contribution < -0.4 is 4.90 Å². The van der Waals surface area contributed by atoms with Crippen LogP contribution in [0.15, 0.2) is 30.7 Å². The third kappa shape index (κ3) is 2.99. The highest BCUT2D eigenvalue weighted by atomic mass is 35.5. The minimum absolute atomic E-state index is 0.0105. The van der Waals surface area contributed by atoms with Crippen molar-refractivity contribution in [1.29, 1.82) is 0 Å².